The number of hydrogen-bond donors (Lipinski definition) is 3. The largest absolute Gasteiger partial charge is 0.462 e. The third kappa shape index (κ3) is 4.66. The van der Waals surface area contributed by atoms with Crippen molar-refractivity contribution in [2.45, 2.75) is 42.1 Å². The summed E-state index contributed by atoms with van der Waals surface area (Å²) in [7, 11) is 1.84. The number of thiophene rings is 1. The fourth-order valence-corrected chi connectivity index (χ4v) is 8.56. The van der Waals surface area contributed by atoms with Gasteiger partial charge in [-0.3, -0.25) is 0 Å². The van der Waals surface area contributed by atoms with E-state index in [0.29, 0.717) is 59.6 Å². The number of nitrogen functional groups attached to an aromatic ring is 2. The van der Waals surface area contributed by atoms with Gasteiger partial charge in [0, 0.05) is 60.7 Å². The second-order valence-corrected chi connectivity index (χ2v) is 13.0. The summed E-state index contributed by atoms with van der Waals surface area (Å²) >= 11 is 3.27. The molecule has 3 aromatic rings. The van der Waals surface area contributed by atoms with Gasteiger partial charge >= 0.3 is 6.01 Å². The summed E-state index contributed by atoms with van der Waals surface area (Å²) < 4.78 is 19.4. The maximum atomic E-state index is 13.7. The molecule has 3 atom stereocenters. The van der Waals surface area contributed by atoms with Gasteiger partial charge in [0.1, 0.15) is 41.3 Å². The number of nitrogens with zero attached hydrogens (tertiary/aromatic N) is 7. The molecule has 0 unspecified atom stereocenters. The number of thioether (sulfide) groups is 1. The van der Waals surface area contributed by atoms with Gasteiger partial charge in [0.25, 0.3) is 0 Å². The molecule has 1 spiro atoms. The van der Waals surface area contributed by atoms with Crippen molar-refractivity contribution in [3.05, 3.63) is 45.5 Å². The number of alkyl halides is 1. The lowest BCUT2D eigenvalue weighted by Crippen LogP contribution is -2.57. The fraction of sp³-hybridized carbons (Fsp3) is 0.444. The lowest BCUT2D eigenvalue weighted by atomic mass is 9.88. The van der Waals surface area contributed by atoms with Gasteiger partial charge in [-0.2, -0.15) is 20.5 Å². The van der Waals surface area contributed by atoms with Gasteiger partial charge < -0.3 is 31.3 Å². The summed E-state index contributed by atoms with van der Waals surface area (Å²) in [4.78, 5) is 18.6. The number of halogens is 1. The van der Waals surface area contributed by atoms with Crippen molar-refractivity contribution in [1.29, 1.82) is 10.5 Å². The lowest BCUT2D eigenvalue weighted by Gasteiger charge is -2.48. The van der Waals surface area contributed by atoms with Crippen LogP contribution in [0.25, 0.3) is 0 Å². The van der Waals surface area contributed by atoms with E-state index in [2.05, 4.69) is 32.4 Å². The van der Waals surface area contributed by atoms with E-state index in [9.17, 15) is 14.9 Å². The van der Waals surface area contributed by atoms with E-state index in [1.165, 1.54) is 11.3 Å². The van der Waals surface area contributed by atoms with Gasteiger partial charge in [-0.15, -0.1) is 23.1 Å². The Morgan fingerprint density at radius 2 is 2.07 bits per heavy atom. The molecule has 212 valence electrons. The third-order valence-electron chi connectivity index (χ3n) is 8.03. The number of nitrogens with one attached hydrogen (secondary N) is 1. The second kappa shape index (κ2) is 10.5. The molecule has 0 radical (unpaired) electrons. The Kier molecular flexibility index (Phi) is 7.01. The number of nitrogens with two attached hydrogens (primary N) is 2. The number of fused-ring (bicyclic) bond motifs is 2. The van der Waals surface area contributed by atoms with Crippen LogP contribution in [0.2, 0.25) is 0 Å². The van der Waals surface area contributed by atoms with Crippen LogP contribution >= 0.6 is 23.1 Å². The molecule has 0 amide bonds. The predicted molar refractivity (Wildman–Crippen MR) is 158 cm³/mol. The Bertz CT molecular complexity index is 1580. The van der Waals surface area contributed by atoms with Crippen molar-refractivity contribution in [2.24, 2.45) is 0 Å². The van der Waals surface area contributed by atoms with E-state index in [1.807, 2.05) is 35.9 Å². The Morgan fingerprint density at radius 3 is 2.76 bits per heavy atom. The van der Waals surface area contributed by atoms with E-state index in [0.717, 1.165) is 21.8 Å². The summed E-state index contributed by atoms with van der Waals surface area (Å²) in [5, 5.41) is 23.8. The molecule has 3 aliphatic heterocycles. The van der Waals surface area contributed by atoms with Crippen LogP contribution in [-0.2, 0) is 10.5 Å². The molecule has 2 fully saturated rings. The highest BCUT2D eigenvalue weighted by Crippen LogP contribution is 2.58. The van der Waals surface area contributed by atoms with Crippen LogP contribution in [0, 0.1) is 22.7 Å². The predicted octanol–water partition coefficient (Wildman–Crippen LogP) is 3.08. The first-order chi connectivity index (χ1) is 19.7. The number of pyridine rings is 1. The van der Waals surface area contributed by atoms with E-state index >= 15 is 0 Å². The van der Waals surface area contributed by atoms with Gasteiger partial charge in [0.05, 0.1) is 16.4 Å². The monoisotopic (exact) mass is 592 g/mol. The van der Waals surface area contributed by atoms with E-state index in [-0.39, 0.29) is 29.4 Å². The number of aromatic nitrogens is 3. The molecule has 3 aromatic heterocycles. The quantitative estimate of drug-likeness (QED) is 0.367. The molecule has 5 N–H and O–H groups in total. The zero-order valence-electron chi connectivity index (χ0n) is 22.6. The second-order valence-electron chi connectivity index (χ2n) is 10.5. The van der Waals surface area contributed by atoms with Gasteiger partial charge in [0.2, 0.25) is 0 Å². The summed E-state index contributed by atoms with van der Waals surface area (Å²) in [6, 6.07) is 8.00. The van der Waals surface area contributed by atoms with Crippen molar-refractivity contribution in [3.8, 4) is 18.1 Å². The van der Waals surface area contributed by atoms with Gasteiger partial charge in [-0.1, -0.05) is 6.07 Å². The number of nitriles is 2. The Balaban J connectivity index is 1.35. The summed E-state index contributed by atoms with van der Waals surface area (Å²) in [6.07, 6.45) is 1.07. The van der Waals surface area contributed by atoms with Crippen molar-refractivity contribution in [2.75, 3.05) is 54.6 Å². The minimum absolute atomic E-state index is 0.106. The SMILES string of the molecule is C[C@H](c1cccnc1N)N(C)c1nc(OC[C@@H]2C[C@@H](F)CN2)nc(N2CC3(C2)SCc2sc(N)c(C#N)c23)c1C#N. The normalized spacial score (nSPS) is 21.1. The average molecular weight is 593 g/mol. The summed E-state index contributed by atoms with van der Waals surface area (Å²) in [5.74, 6) is 2.04. The van der Waals surface area contributed by atoms with Crippen molar-refractivity contribution >= 4 is 45.6 Å². The van der Waals surface area contributed by atoms with Crippen LogP contribution in [0.1, 0.15) is 46.5 Å². The molecule has 2 saturated heterocycles. The average Bonchev–Trinajstić information content (AvgIpc) is 3.63. The highest BCUT2D eigenvalue weighted by atomic mass is 32.2. The van der Waals surface area contributed by atoms with Gasteiger partial charge in [-0.05, 0) is 19.4 Å². The zero-order chi connectivity index (χ0) is 28.9. The Hall–Kier alpha value is -3.85. The van der Waals surface area contributed by atoms with Crippen LogP contribution in [0.4, 0.5) is 26.8 Å². The molecule has 11 nitrogen and oxygen atoms in total. The molecular weight excluding hydrogens is 563 g/mol. The molecule has 0 bridgehead atoms. The highest BCUT2D eigenvalue weighted by molar-refractivity contribution is 8.00. The zero-order valence-corrected chi connectivity index (χ0v) is 24.2. The molecule has 14 heteroatoms. The van der Waals surface area contributed by atoms with Crippen molar-refractivity contribution in [1.82, 2.24) is 20.3 Å². The summed E-state index contributed by atoms with van der Waals surface area (Å²) in [6.45, 7) is 3.56. The number of anilines is 4. The Labute approximate surface area is 245 Å². The number of ether oxygens (including phenoxy) is 1. The molecule has 6 rings (SSSR count). The lowest BCUT2D eigenvalue weighted by molar-refractivity contribution is 0.250. The highest BCUT2D eigenvalue weighted by Gasteiger charge is 2.53. The van der Waals surface area contributed by atoms with Gasteiger partial charge in [-0.25, -0.2) is 9.37 Å². The molecule has 0 saturated carbocycles. The Morgan fingerprint density at radius 1 is 1.29 bits per heavy atom. The first kappa shape index (κ1) is 27.3. The van der Waals surface area contributed by atoms with E-state index < -0.39 is 6.17 Å². The number of rotatable bonds is 7. The van der Waals surface area contributed by atoms with Crippen LogP contribution in [0.5, 0.6) is 6.01 Å². The maximum Gasteiger partial charge on any atom is 0.320 e. The topological polar surface area (TPSA) is 166 Å². The van der Waals surface area contributed by atoms with Crippen LogP contribution < -0.4 is 31.3 Å². The first-order valence-electron chi connectivity index (χ1n) is 13.2. The van der Waals surface area contributed by atoms with E-state index in [4.69, 9.17) is 16.2 Å². The minimum atomic E-state index is -0.913. The molecular formula is C27H29FN10OS2. The molecule has 6 heterocycles. The van der Waals surface area contributed by atoms with Crippen LogP contribution in [-0.4, -0.2) is 60.5 Å². The molecule has 0 aromatic carbocycles. The standard InChI is InChI=1S/C27H29FN10OS2/c1-14(17-4-3-5-33-22(17)31)37(2)24-19(8-30)25(36-26(35-24)39-10-16-6-15(28)9-34-16)38-12-27(13-38)21-18(7-29)23(32)41-20(21)11-40-27/h3-5,14-16,34H,6,9-13,32H2,1-2H3,(H2,31,33)/t14-,15-,16+/m1/s1. The van der Waals surface area contributed by atoms with Crippen molar-refractivity contribution in [3.63, 3.8) is 0 Å². The molecule has 41 heavy (non-hydrogen) atoms. The van der Waals surface area contributed by atoms with Gasteiger partial charge in [0.15, 0.2) is 11.6 Å². The van der Waals surface area contributed by atoms with Crippen LogP contribution in [0.3, 0.4) is 0 Å². The minimum Gasteiger partial charge on any atom is -0.462 e. The molecule has 3 aliphatic rings. The summed E-state index contributed by atoms with van der Waals surface area (Å²) in [5.41, 5.74) is 15.0. The van der Waals surface area contributed by atoms with E-state index in [1.54, 1.807) is 18.0 Å². The fourth-order valence-electron chi connectivity index (χ4n) is 5.75. The first-order valence-corrected chi connectivity index (χ1v) is 15.0. The molecule has 0 aliphatic carbocycles. The van der Waals surface area contributed by atoms with Crippen molar-refractivity contribution < 1.29 is 9.13 Å². The smallest absolute Gasteiger partial charge is 0.320 e. The maximum absolute atomic E-state index is 13.7. The third-order valence-corrected chi connectivity index (χ3v) is 10.7. The van der Waals surface area contributed by atoms with Crippen LogP contribution in [0.15, 0.2) is 18.3 Å². The number of hydrogen-bond acceptors (Lipinski definition) is 13.